The number of hydrogen-bond donors (Lipinski definition) is 1. The van der Waals surface area contributed by atoms with Gasteiger partial charge in [-0.05, 0) is 55.2 Å². The van der Waals surface area contributed by atoms with Gasteiger partial charge >= 0.3 is 0 Å². The Morgan fingerprint density at radius 3 is 2.62 bits per heavy atom. The van der Waals surface area contributed by atoms with Crippen molar-refractivity contribution >= 4 is 17.2 Å². The van der Waals surface area contributed by atoms with Gasteiger partial charge < -0.3 is 10.6 Å². The fraction of sp³-hybridized carbons (Fsp3) is 0.381. The molecule has 0 aliphatic carbocycles. The molecule has 1 atom stereocenters. The summed E-state index contributed by atoms with van der Waals surface area (Å²) in [6.07, 6.45) is 2.86. The number of nitrogens with two attached hydrogens (primary N) is 1. The van der Waals surface area contributed by atoms with E-state index < -0.39 is 0 Å². The van der Waals surface area contributed by atoms with Crippen molar-refractivity contribution in [2.75, 3.05) is 23.7 Å². The fourth-order valence-corrected chi connectivity index (χ4v) is 3.42. The summed E-state index contributed by atoms with van der Waals surface area (Å²) in [5.41, 5.74) is 10.7. The number of hydrogen-bond acceptors (Lipinski definition) is 3. The number of benzene rings is 2. The van der Waals surface area contributed by atoms with Gasteiger partial charge in [-0.2, -0.15) is 0 Å². The summed E-state index contributed by atoms with van der Waals surface area (Å²) in [4.78, 5) is 15.0. The second-order valence-corrected chi connectivity index (χ2v) is 6.86. The van der Waals surface area contributed by atoms with Crippen molar-refractivity contribution in [1.82, 2.24) is 0 Å². The molecule has 126 valence electrons. The van der Waals surface area contributed by atoms with Gasteiger partial charge in [0.25, 0.3) is 0 Å². The average Bonchev–Trinajstić information content (AvgIpc) is 3.07. The Bertz CT molecular complexity index is 721. The van der Waals surface area contributed by atoms with E-state index in [1.165, 1.54) is 18.5 Å². The number of Topliss-reactive ketones (excluding diaryl/α,β-unsaturated/α-hetero) is 1. The molecule has 0 saturated carbocycles. The van der Waals surface area contributed by atoms with Gasteiger partial charge in [-0.3, -0.25) is 4.79 Å². The molecule has 0 amide bonds. The minimum Gasteiger partial charge on any atom is -0.398 e. The number of ketones is 1. The maximum Gasteiger partial charge on any atom is 0.167 e. The van der Waals surface area contributed by atoms with Crippen LogP contribution in [0.5, 0.6) is 0 Å². The largest absolute Gasteiger partial charge is 0.398 e. The number of nitrogen functional groups attached to an aromatic ring is 1. The SMILES string of the molecule is CC[C@@H]1CCN(c2ccc(C(=O)Cc3cc(C)ccc3N)cc2)C1. The lowest BCUT2D eigenvalue weighted by Gasteiger charge is -2.18. The Morgan fingerprint density at radius 1 is 1.21 bits per heavy atom. The quantitative estimate of drug-likeness (QED) is 0.661. The number of nitrogens with zero attached hydrogens (tertiary/aromatic N) is 1. The van der Waals surface area contributed by atoms with Crippen molar-refractivity contribution in [3.05, 3.63) is 59.2 Å². The molecule has 3 heteroatoms. The van der Waals surface area contributed by atoms with Gasteiger partial charge in [0.15, 0.2) is 5.78 Å². The van der Waals surface area contributed by atoms with Gasteiger partial charge in [-0.25, -0.2) is 0 Å². The van der Waals surface area contributed by atoms with Gasteiger partial charge in [0.2, 0.25) is 0 Å². The molecule has 0 radical (unpaired) electrons. The summed E-state index contributed by atoms with van der Waals surface area (Å²) in [6.45, 7) is 6.52. The summed E-state index contributed by atoms with van der Waals surface area (Å²) < 4.78 is 0. The van der Waals surface area contributed by atoms with E-state index in [2.05, 4.69) is 24.0 Å². The molecule has 3 rings (SSSR count). The van der Waals surface area contributed by atoms with E-state index in [0.717, 1.165) is 35.7 Å². The molecule has 3 nitrogen and oxygen atoms in total. The minimum atomic E-state index is 0.117. The molecule has 0 bridgehead atoms. The molecule has 2 aromatic carbocycles. The first-order valence-corrected chi connectivity index (χ1v) is 8.80. The predicted octanol–water partition coefficient (Wildman–Crippen LogP) is 4.24. The van der Waals surface area contributed by atoms with E-state index in [4.69, 9.17) is 5.73 Å². The third-order valence-corrected chi connectivity index (χ3v) is 5.07. The van der Waals surface area contributed by atoms with E-state index in [1.807, 2.05) is 37.3 Å². The summed E-state index contributed by atoms with van der Waals surface area (Å²) in [7, 11) is 0. The van der Waals surface area contributed by atoms with Crippen LogP contribution in [0.25, 0.3) is 0 Å². The minimum absolute atomic E-state index is 0.117. The van der Waals surface area contributed by atoms with Crippen LogP contribution in [0.1, 0.15) is 41.3 Å². The maximum absolute atomic E-state index is 12.5. The summed E-state index contributed by atoms with van der Waals surface area (Å²) in [5, 5.41) is 0. The zero-order chi connectivity index (χ0) is 17.1. The van der Waals surface area contributed by atoms with Crippen LogP contribution in [0.15, 0.2) is 42.5 Å². The Balaban J connectivity index is 1.69. The molecule has 1 aliphatic rings. The highest BCUT2D eigenvalue weighted by molar-refractivity contribution is 5.98. The maximum atomic E-state index is 12.5. The van der Waals surface area contributed by atoms with Crippen molar-refractivity contribution in [2.45, 2.75) is 33.1 Å². The van der Waals surface area contributed by atoms with Crippen LogP contribution in [-0.4, -0.2) is 18.9 Å². The molecule has 0 aromatic heterocycles. The van der Waals surface area contributed by atoms with Crippen LogP contribution in [0.2, 0.25) is 0 Å². The third-order valence-electron chi connectivity index (χ3n) is 5.07. The monoisotopic (exact) mass is 322 g/mol. The van der Waals surface area contributed by atoms with E-state index >= 15 is 0 Å². The average molecular weight is 322 g/mol. The van der Waals surface area contributed by atoms with Crippen molar-refractivity contribution in [3.8, 4) is 0 Å². The molecule has 2 N–H and O–H groups in total. The Hall–Kier alpha value is -2.29. The zero-order valence-electron chi connectivity index (χ0n) is 14.6. The van der Waals surface area contributed by atoms with Gasteiger partial charge in [-0.15, -0.1) is 0 Å². The molecular weight excluding hydrogens is 296 g/mol. The molecule has 0 spiro atoms. The molecular formula is C21H26N2O. The third kappa shape index (κ3) is 3.61. The highest BCUT2D eigenvalue weighted by atomic mass is 16.1. The second kappa shape index (κ2) is 7.08. The molecule has 1 saturated heterocycles. The molecule has 0 unspecified atom stereocenters. The van der Waals surface area contributed by atoms with Crippen LogP contribution >= 0.6 is 0 Å². The lowest BCUT2D eigenvalue weighted by Crippen LogP contribution is -2.19. The van der Waals surface area contributed by atoms with E-state index in [9.17, 15) is 4.79 Å². The van der Waals surface area contributed by atoms with Crippen LogP contribution in [0, 0.1) is 12.8 Å². The first-order valence-electron chi connectivity index (χ1n) is 8.80. The molecule has 24 heavy (non-hydrogen) atoms. The van der Waals surface area contributed by atoms with E-state index in [0.29, 0.717) is 12.1 Å². The molecule has 1 aliphatic heterocycles. The first kappa shape index (κ1) is 16.6. The van der Waals surface area contributed by atoms with E-state index in [1.54, 1.807) is 0 Å². The number of carbonyl (C=O) groups excluding carboxylic acids is 1. The zero-order valence-corrected chi connectivity index (χ0v) is 14.6. The van der Waals surface area contributed by atoms with E-state index in [-0.39, 0.29) is 5.78 Å². The number of anilines is 2. The topological polar surface area (TPSA) is 46.3 Å². The molecule has 1 heterocycles. The summed E-state index contributed by atoms with van der Waals surface area (Å²) in [5.74, 6) is 0.919. The van der Waals surface area contributed by atoms with Crippen molar-refractivity contribution in [3.63, 3.8) is 0 Å². The second-order valence-electron chi connectivity index (χ2n) is 6.86. The van der Waals surface area contributed by atoms with Gasteiger partial charge in [0, 0.05) is 36.4 Å². The van der Waals surface area contributed by atoms with Crippen LogP contribution < -0.4 is 10.6 Å². The van der Waals surface area contributed by atoms with Crippen LogP contribution in [0.4, 0.5) is 11.4 Å². The normalized spacial score (nSPS) is 17.2. The first-order chi connectivity index (χ1) is 11.6. The lowest BCUT2D eigenvalue weighted by molar-refractivity contribution is 0.0993. The smallest absolute Gasteiger partial charge is 0.167 e. The molecule has 2 aromatic rings. The standard InChI is InChI=1S/C21H26N2O/c1-3-16-10-11-23(14-16)19-7-5-17(6-8-19)21(24)13-18-12-15(2)4-9-20(18)22/h4-9,12,16H,3,10-11,13-14,22H2,1-2H3/t16-/m1/s1. The van der Waals surface area contributed by atoms with Gasteiger partial charge in [0.1, 0.15) is 0 Å². The predicted molar refractivity (Wildman–Crippen MR) is 101 cm³/mol. The highest BCUT2D eigenvalue weighted by Gasteiger charge is 2.21. The number of carbonyl (C=O) groups is 1. The van der Waals surface area contributed by atoms with Crippen LogP contribution in [-0.2, 0) is 6.42 Å². The Kier molecular flexibility index (Phi) is 4.89. The number of rotatable bonds is 5. The number of aryl methyl sites for hydroxylation is 1. The lowest BCUT2D eigenvalue weighted by atomic mass is 10.00. The highest BCUT2D eigenvalue weighted by Crippen LogP contribution is 2.26. The van der Waals surface area contributed by atoms with Gasteiger partial charge in [0.05, 0.1) is 0 Å². The van der Waals surface area contributed by atoms with Crippen molar-refractivity contribution < 1.29 is 4.79 Å². The van der Waals surface area contributed by atoms with Crippen LogP contribution in [0.3, 0.4) is 0 Å². The Labute approximate surface area is 144 Å². The molecule has 1 fully saturated rings. The fourth-order valence-electron chi connectivity index (χ4n) is 3.42. The summed E-state index contributed by atoms with van der Waals surface area (Å²) >= 11 is 0. The van der Waals surface area contributed by atoms with Crippen molar-refractivity contribution in [2.24, 2.45) is 5.92 Å². The summed E-state index contributed by atoms with van der Waals surface area (Å²) in [6, 6.07) is 13.9. The Morgan fingerprint density at radius 2 is 1.96 bits per heavy atom. The van der Waals surface area contributed by atoms with Crippen molar-refractivity contribution in [1.29, 1.82) is 0 Å². The van der Waals surface area contributed by atoms with Gasteiger partial charge in [-0.1, -0.05) is 31.0 Å².